The van der Waals surface area contributed by atoms with Crippen LogP contribution in [0, 0.1) is 18.3 Å². The number of benzene rings is 1. The molecule has 0 N–H and O–H groups in total. The predicted octanol–water partition coefficient (Wildman–Crippen LogP) is 3.94. The Morgan fingerprint density at radius 2 is 2.20 bits per heavy atom. The van der Waals surface area contributed by atoms with Crippen LogP contribution in [0.4, 0.5) is 0 Å². The van der Waals surface area contributed by atoms with Crippen molar-refractivity contribution in [2.45, 2.75) is 20.3 Å². The molecule has 0 aliphatic heterocycles. The van der Waals surface area contributed by atoms with Gasteiger partial charge in [-0.3, -0.25) is 0 Å². The zero-order valence-electron chi connectivity index (χ0n) is 8.60. The summed E-state index contributed by atoms with van der Waals surface area (Å²) in [7, 11) is 0. The number of hydrogen-bond acceptors (Lipinski definition) is 2. The van der Waals surface area contributed by atoms with Gasteiger partial charge >= 0.3 is 0 Å². The van der Waals surface area contributed by atoms with Gasteiger partial charge in [-0.1, -0.05) is 6.92 Å². The van der Waals surface area contributed by atoms with Crippen molar-refractivity contribution in [2.75, 3.05) is 0 Å². The molecule has 0 bridgehead atoms. The van der Waals surface area contributed by atoms with E-state index in [-0.39, 0.29) is 0 Å². The van der Waals surface area contributed by atoms with Crippen molar-refractivity contribution in [1.29, 1.82) is 5.26 Å². The fourth-order valence-electron chi connectivity index (χ4n) is 1.78. The largest absolute Gasteiger partial charge is 0.444 e. The highest BCUT2D eigenvalue weighted by molar-refractivity contribution is 9.10. The van der Waals surface area contributed by atoms with Crippen LogP contribution in [-0.4, -0.2) is 0 Å². The van der Waals surface area contributed by atoms with Crippen LogP contribution < -0.4 is 0 Å². The van der Waals surface area contributed by atoms with Crippen molar-refractivity contribution < 1.29 is 4.42 Å². The van der Waals surface area contributed by atoms with Gasteiger partial charge < -0.3 is 4.42 Å². The Balaban J connectivity index is 2.90. The van der Waals surface area contributed by atoms with Crippen molar-refractivity contribution in [2.24, 2.45) is 0 Å². The molecule has 2 aromatic rings. The second kappa shape index (κ2) is 3.71. The second-order valence-corrected chi connectivity index (χ2v) is 4.35. The smallest absolute Gasteiger partial charge is 0.208 e. The quantitative estimate of drug-likeness (QED) is 0.782. The number of furan rings is 1. The third-order valence-corrected chi connectivity index (χ3v) is 3.04. The van der Waals surface area contributed by atoms with Crippen LogP contribution in [-0.2, 0) is 6.42 Å². The molecule has 15 heavy (non-hydrogen) atoms. The van der Waals surface area contributed by atoms with Crippen molar-refractivity contribution in [3.63, 3.8) is 0 Å². The summed E-state index contributed by atoms with van der Waals surface area (Å²) >= 11 is 3.45. The molecule has 2 rings (SSSR count). The summed E-state index contributed by atoms with van der Waals surface area (Å²) < 4.78 is 6.43. The fraction of sp³-hybridized carbons (Fsp3) is 0.250. The van der Waals surface area contributed by atoms with Gasteiger partial charge in [0.25, 0.3) is 0 Å². The average molecular weight is 264 g/mol. The third-order valence-electron chi connectivity index (χ3n) is 2.45. The molecule has 2 nitrogen and oxygen atoms in total. The average Bonchev–Trinajstić information content (AvgIpc) is 2.55. The Bertz CT molecular complexity index is 563. The van der Waals surface area contributed by atoms with E-state index in [4.69, 9.17) is 9.68 Å². The van der Waals surface area contributed by atoms with E-state index in [9.17, 15) is 0 Å². The Hall–Kier alpha value is -1.27. The van der Waals surface area contributed by atoms with Crippen molar-refractivity contribution in [1.82, 2.24) is 0 Å². The maximum atomic E-state index is 8.95. The first-order valence-corrected chi connectivity index (χ1v) is 5.58. The topological polar surface area (TPSA) is 36.9 Å². The Kier molecular flexibility index (Phi) is 2.54. The van der Waals surface area contributed by atoms with Gasteiger partial charge in [0.1, 0.15) is 11.7 Å². The van der Waals surface area contributed by atoms with Gasteiger partial charge in [-0.05, 0) is 47.0 Å². The van der Waals surface area contributed by atoms with Gasteiger partial charge in [-0.15, -0.1) is 0 Å². The summed E-state index contributed by atoms with van der Waals surface area (Å²) in [6.07, 6.45) is 0.811. The van der Waals surface area contributed by atoms with Gasteiger partial charge in [-0.25, -0.2) is 0 Å². The molecule has 1 heterocycles. The summed E-state index contributed by atoms with van der Waals surface area (Å²) in [5, 5.41) is 9.99. The van der Waals surface area contributed by atoms with E-state index in [2.05, 4.69) is 28.1 Å². The highest BCUT2D eigenvalue weighted by atomic mass is 79.9. The van der Waals surface area contributed by atoms with E-state index in [1.54, 1.807) is 0 Å². The Morgan fingerprint density at radius 3 is 2.80 bits per heavy atom. The number of nitriles is 1. The number of fused-ring (bicyclic) bond motifs is 1. The summed E-state index contributed by atoms with van der Waals surface area (Å²) in [4.78, 5) is 0. The van der Waals surface area contributed by atoms with Crippen LogP contribution in [0.5, 0.6) is 0 Å². The van der Waals surface area contributed by atoms with Crippen LogP contribution in [0.2, 0.25) is 0 Å². The van der Waals surface area contributed by atoms with Gasteiger partial charge in [0, 0.05) is 10.9 Å². The molecule has 0 spiro atoms. The Morgan fingerprint density at radius 1 is 1.47 bits per heavy atom. The lowest BCUT2D eigenvalue weighted by Gasteiger charge is -1.97. The molecule has 0 saturated heterocycles. The first-order valence-electron chi connectivity index (χ1n) is 4.79. The molecule has 1 aromatic carbocycles. The first-order chi connectivity index (χ1) is 7.17. The van der Waals surface area contributed by atoms with E-state index in [0.29, 0.717) is 5.76 Å². The minimum Gasteiger partial charge on any atom is -0.444 e. The SMILES string of the molecule is CCc1c(C#N)oc2c(Br)cc(C)cc12. The van der Waals surface area contributed by atoms with E-state index in [1.807, 2.05) is 19.9 Å². The fourth-order valence-corrected chi connectivity index (χ4v) is 2.44. The van der Waals surface area contributed by atoms with Gasteiger partial charge in [0.15, 0.2) is 0 Å². The van der Waals surface area contributed by atoms with Crippen molar-refractivity contribution >= 4 is 26.9 Å². The monoisotopic (exact) mass is 263 g/mol. The summed E-state index contributed by atoms with van der Waals surface area (Å²) in [6, 6.07) is 6.15. The molecule has 0 radical (unpaired) electrons. The third kappa shape index (κ3) is 1.55. The molecular weight excluding hydrogens is 254 g/mol. The lowest BCUT2D eigenvalue weighted by molar-refractivity contribution is 0.592. The molecule has 0 fully saturated rings. The zero-order chi connectivity index (χ0) is 11.0. The molecule has 0 unspecified atom stereocenters. The summed E-state index contributed by atoms with van der Waals surface area (Å²) in [5.74, 6) is 0.429. The van der Waals surface area contributed by atoms with Crippen LogP contribution in [0.3, 0.4) is 0 Å². The molecular formula is C12H10BrNO. The highest BCUT2D eigenvalue weighted by Crippen LogP contribution is 2.32. The molecule has 3 heteroatoms. The van der Waals surface area contributed by atoms with Crippen molar-refractivity contribution in [3.8, 4) is 6.07 Å². The maximum absolute atomic E-state index is 8.95. The van der Waals surface area contributed by atoms with Gasteiger partial charge in [0.2, 0.25) is 5.76 Å². The van der Waals surface area contributed by atoms with E-state index >= 15 is 0 Å². The number of rotatable bonds is 1. The minimum atomic E-state index is 0.429. The molecule has 0 saturated carbocycles. The standard InChI is InChI=1S/C12H10BrNO/c1-3-8-9-4-7(2)5-10(13)12(9)15-11(8)6-14/h4-5H,3H2,1-2H3. The molecule has 0 amide bonds. The van der Waals surface area contributed by atoms with Crippen molar-refractivity contribution in [3.05, 3.63) is 33.5 Å². The minimum absolute atomic E-state index is 0.429. The molecule has 76 valence electrons. The van der Waals surface area contributed by atoms with Gasteiger partial charge in [0.05, 0.1) is 4.47 Å². The lowest BCUT2D eigenvalue weighted by Crippen LogP contribution is -1.81. The predicted molar refractivity (Wildman–Crippen MR) is 62.7 cm³/mol. The number of hydrogen-bond donors (Lipinski definition) is 0. The number of halogens is 1. The molecule has 0 aliphatic rings. The molecule has 0 atom stereocenters. The van der Waals surface area contributed by atoms with Crippen LogP contribution >= 0.6 is 15.9 Å². The Labute approximate surface area is 96.6 Å². The summed E-state index contributed by atoms with van der Waals surface area (Å²) in [5.41, 5.74) is 2.93. The van der Waals surface area contributed by atoms with Gasteiger partial charge in [-0.2, -0.15) is 5.26 Å². The van der Waals surface area contributed by atoms with Crippen LogP contribution in [0.25, 0.3) is 11.0 Å². The zero-order valence-corrected chi connectivity index (χ0v) is 10.2. The highest BCUT2D eigenvalue weighted by Gasteiger charge is 2.14. The number of nitrogens with zero attached hydrogens (tertiary/aromatic N) is 1. The van der Waals surface area contributed by atoms with E-state index in [1.165, 1.54) is 0 Å². The van der Waals surface area contributed by atoms with Crippen LogP contribution in [0.1, 0.15) is 23.8 Å². The van der Waals surface area contributed by atoms with Crippen LogP contribution in [0.15, 0.2) is 21.0 Å². The van der Waals surface area contributed by atoms with E-state index in [0.717, 1.165) is 33.0 Å². The maximum Gasteiger partial charge on any atom is 0.208 e. The molecule has 1 aromatic heterocycles. The van der Waals surface area contributed by atoms with E-state index < -0.39 is 0 Å². The normalized spacial score (nSPS) is 10.5. The lowest BCUT2D eigenvalue weighted by atomic mass is 10.1. The first kappa shape index (κ1) is 10.3. The molecule has 0 aliphatic carbocycles. The summed E-state index contributed by atoms with van der Waals surface area (Å²) in [6.45, 7) is 4.06. The second-order valence-electron chi connectivity index (χ2n) is 3.50. The number of aryl methyl sites for hydroxylation is 2.